The van der Waals surface area contributed by atoms with E-state index in [-0.39, 0.29) is 5.91 Å². The summed E-state index contributed by atoms with van der Waals surface area (Å²) < 4.78 is 0. The Balaban J connectivity index is 1.06. The van der Waals surface area contributed by atoms with Gasteiger partial charge in [0.05, 0.1) is 23.6 Å². The quantitative estimate of drug-likeness (QED) is 0.585. The van der Waals surface area contributed by atoms with Crippen molar-refractivity contribution in [1.82, 2.24) is 29.9 Å². The number of rotatable bonds is 5. The second kappa shape index (κ2) is 8.39. The first-order valence-corrected chi connectivity index (χ1v) is 13.4. The highest BCUT2D eigenvalue weighted by atomic mass is 16.2. The van der Waals surface area contributed by atoms with Crippen molar-refractivity contribution in [2.75, 3.05) is 18.4 Å². The summed E-state index contributed by atoms with van der Waals surface area (Å²) in [6.45, 7) is 3.96. The first-order chi connectivity index (χ1) is 17.6. The number of aryl methyl sites for hydroxylation is 1. The summed E-state index contributed by atoms with van der Waals surface area (Å²) in [4.78, 5) is 26.0. The molecule has 3 heterocycles. The van der Waals surface area contributed by atoms with Crippen molar-refractivity contribution in [2.24, 2.45) is 23.2 Å². The van der Waals surface area contributed by atoms with Gasteiger partial charge in [-0.05, 0) is 87.2 Å². The van der Waals surface area contributed by atoms with Crippen LogP contribution in [0.2, 0.25) is 0 Å². The predicted octanol–water partition coefficient (Wildman–Crippen LogP) is 4.19. The summed E-state index contributed by atoms with van der Waals surface area (Å²) >= 11 is 0. The Kier molecular flexibility index (Phi) is 5.11. The fraction of sp³-hybridized carbons (Fsp3) is 0.536. The van der Waals surface area contributed by atoms with Gasteiger partial charge in [0.15, 0.2) is 5.69 Å². The molecule has 1 aliphatic heterocycles. The molecule has 4 saturated carbocycles. The van der Waals surface area contributed by atoms with Gasteiger partial charge in [0.2, 0.25) is 0 Å². The topological polar surface area (TPSA) is 88.8 Å². The Hall–Kier alpha value is -3.29. The van der Waals surface area contributed by atoms with Crippen LogP contribution in [0.4, 0.5) is 5.82 Å². The molecule has 186 valence electrons. The molecule has 0 saturated heterocycles. The van der Waals surface area contributed by atoms with E-state index < -0.39 is 0 Å². The zero-order valence-corrected chi connectivity index (χ0v) is 20.9. The number of amides is 1. The van der Waals surface area contributed by atoms with E-state index >= 15 is 0 Å². The summed E-state index contributed by atoms with van der Waals surface area (Å²) in [5.74, 6) is 3.71. The van der Waals surface area contributed by atoms with Gasteiger partial charge in [0, 0.05) is 18.7 Å². The van der Waals surface area contributed by atoms with Gasteiger partial charge in [0.1, 0.15) is 12.1 Å². The molecular formula is C28H33N7O. The van der Waals surface area contributed by atoms with Crippen molar-refractivity contribution >= 4 is 11.7 Å². The molecule has 1 N–H and O–H groups in total. The zero-order valence-electron chi connectivity index (χ0n) is 20.9. The molecule has 8 rings (SSSR count). The van der Waals surface area contributed by atoms with E-state index in [4.69, 9.17) is 0 Å². The monoisotopic (exact) mass is 483 g/mol. The maximum atomic E-state index is 13.4. The van der Waals surface area contributed by atoms with Gasteiger partial charge in [-0.1, -0.05) is 18.2 Å². The van der Waals surface area contributed by atoms with Gasteiger partial charge in [-0.15, -0.1) is 5.10 Å². The third kappa shape index (κ3) is 3.78. The number of aromatic nitrogens is 5. The third-order valence-electron chi connectivity index (χ3n) is 9.06. The van der Waals surface area contributed by atoms with Crippen LogP contribution in [0, 0.1) is 30.1 Å². The van der Waals surface area contributed by atoms with Crippen LogP contribution in [0.3, 0.4) is 0 Å². The molecule has 0 atom stereocenters. The molecule has 3 aromatic rings. The lowest BCUT2D eigenvalue weighted by Crippen LogP contribution is -2.49. The number of carbonyl (C=O) groups excluding carboxylic acids is 1. The summed E-state index contributed by atoms with van der Waals surface area (Å²) in [5, 5.41) is 12.8. The van der Waals surface area contributed by atoms with E-state index in [0.29, 0.717) is 29.9 Å². The molecular weight excluding hydrogens is 450 g/mol. The van der Waals surface area contributed by atoms with Crippen LogP contribution in [0.5, 0.6) is 0 Å². The maximum Gasteiger partial charge on any atom is 0.276 e. The van der Waals surface area contributed by atoms with Crippen molar-refractivity contribution in [2.45, 2.75) is 58.4 Å². The molecule has 4 fully saturated rings. The molecule has 5 aliphatic rings. The van der Waals surface area contributed by atoms with Crippen molar-refractivity contribution in [3.8, 4) is 5.69 Å². The molecule has 36 heavy (non-hydrogen) atoms. The Labute approximate surface area is 211 Å². The zero-order chi connectivity index (χ0) is 24.3. The van der Waals surface area contributed by atoms with Crippen molar-refractivity contribution in [3.63, 3.8) is 0 Å². The highest BCUT2D eigenvalue weighted by molar-refractivity contribution is 5.93. The fourth-order valence-electron chi connectivity index (χ4n) is 7.86. The SMILES string of the molecule is Cc1nn(-c2ccccc2)nc1C(=O)N1CCc2c(ncnc2NCC23CC4CC(CC(C4)C2)C3)C1. The van der Waals surface area contributed by atoms with Crippen LogP contribution in [0.15, 0.2) is 36.7 Å². The number of hydrogen-bond donors (Lipinski definition) is 1. The summed E-state index contributed by atoms with van der Waals surface area (Å²) in [5.41, 5.74) is 4.42. The molecule has 1 amide bonds. The van der Waals surface area contributed by atoms with Crippen molar-refractivity contribution in [3.05, 3.63) is 59.3 Å². The van der Waals surface area contributed by atoms with Crippen molar-refractivity contribution < 1.29 is 4.79 Å². The summed E-state index contributed by atoms with van der Waals surface area (Å²) in [6, 6.07) is 9.68. The van der Waals surface area contributed by atoms with Gasteiger partial charge in [-0.2, -0.15) is 9.90 Å². The van der Waals surface area contributed by atoms with Gasteiger partial charge in [-0.25, -0.2) is 9.97 Å². The minimum absolute atomic E-state index is 0.0954. The smallest absolute Gasteiger partial charge is 0.276 e. The second-order valence-corrected chi connectivity index (χ2v) is 11.7. The molecule has 4 bridgehead atoms. The molecule has 0 radical (unpaired) electrons. The summed E-state index contributed by atoms with van der Waals surface area (Å²) in [7, 11) is 0. The van der Waals surface area contributed by atoms with Gasteiger partial charge in [-0.3, -0.25) is 4.79 Å². The first kappa shape index (κ1) is 21.9. The molecule has 1 aromatic carbocycles. The lowest BCUT2D eigenvalue weighted by atomic mass is 9.49. The Morgan fingerprint density at radius 3 is 2.47 bits per heavy atom. The fourth-order valence-corrected chi connectivity index (χ4v) is 7.86. The second-order valence-electron chi connectivity index (χ2n) is 11.7. The minimum atomic E-state index is -0.0954. The number of nitrogens with zero attached hydrogens (tertiary/aromatic N) is 6. The minimum Gasteiger partial charge on any atom is -0.369 e. The molecule has 8 nitrogen and oxygen atoms in total. The van der Waals surface area contributed by atoms with E-state index in [0.717, 1.165) is 53.5 Å². The molecule has 2 aromatic heterocycles. The standard InChI is InChI=1S/C28H33N7O/c1-18-25(33-35(32-18)22-5-3-2-4-6-22)27(36)34-8-7-23-24(15-34)30-17-31-26(23)29-16-28-12-19-9-20(13-28)11-21(10-19)14-28/h2-6,17,19-21H,7-16H2,1H3,(H,29,30,31). The van der Waals surface area contributed by atoms with E-state index in [2.05, 4.69) is 25.5 Å². The lowest BCUT2D eigenvalue weighted by Gasteiger charge is -2.57. The lowest BCUT2D eigenvalue weighted by molar-refractivity contribution is -0.0444. The Bertz CT molecular complexity index is 1270. The van der Waals surface area contributed by atoms with Crippen LogP contribution in [0.1, 0.15) is 66.0 Å². The van der Waals surface area contributed by atoms with Gasteiger partial charge >= 0.3 is 0 Å². The number of hydrogen-bond acceptors (Lipinski definition) is 6. The molecule has 0 unspecified atom stereocenters. The number of para-hydroxylation sites is 1. The number of anilines is 1. The van der Waals surface area contributed by atoms with E-state index in [1.807, 2.05) is 42.2 Å². The largest absolute Gasteiger partial charge is 0.369 e. The van der Waals surface area contributed by atoms with Crippen LogP contribution in [-0.2, 0) is 13.0 Å². The average Bonchev–Trinajstić information content (AvgIpc) is 3.28. The molecule has 0 spiro atoms. The van der Waals surface area contributed by atoms with E-state index in [9.17, 15) is 4.79 Å². The Morgan fingerprint density at radius 1 is 1.03 bits per heavy atom. The van der Waals surface area contributed by atoms with Crippen LogP contribution in [0.25, 0.3) is 5.69 Å². The van der Waals surface area contributed by atoms with Crippen molar-refractivity contribution in [1.29, 1.82) is 0 Å². The summed E-state index contributed by atoms with van der Waals surface area (Å²) in [6.07, 6.45) is 10.9. The van der Waals surface area contributed by atoms with Gasteiger partial charge in [0.25, 0.3) is 5.91 Å². The van der Waals surface area contributed by atoms with E-state index in [1.165, 1.54) is 43.3 Å². The van der Waals surface area contributed by atoms with Crippen LogP contribution in [-0.4, -0.2) is 48.9 Å². The molecule has 4 aliphatic carbocycles. The number of carbonyl (C=O) groups is 1. The normalized spacial score (nSPS) is 28.2. The first-order valence-electron chi connectivity index (χ1n) is 13.4. The van der Waals surface area contributed by atoms with E-state index in [1.54, 1.807) is 6.33 Å². The average molecular weight is 484 g/mol. The third-order valence-corrected chi connectivity index (χ3v) is 9.06. The highest BCUT2D eigenvalue weighted by Gasteiger charge is 2.50. The van der Waals surface area contributed by atoms with Gasteiger partial charge < -0.3 is 10.2 Å². The predicted molar refractivity (Wildman–Crippen MR) is 136 cm³/mol. The molecule has 8 heteroatoms. The number of benzene rings is 1. The maximum absolute atomic E-state index is 13.4. The van der Waals surface area contributed by atoms with Crippen LogP contribution >= 0.6 is 0 Å². The highest BCUT2D eigenvalue weighted by Crippen LogP contribution is 2.59. The number of nitrogens with one attached hydrogen (secondary N) is 1. The Morgan fingerprint density at radius 2 is 1.75 bits per heavy atom. The van der Waals surface area contributed by atoms with Crippen LogP contribution < -0.4 is 5.32 Å². The number of fused-ring (bicyclic) bond motifs is 1.